The van der Waals surface area contributed by atoms with Crippen molar-refractivity contribution < 1.29 is 19.2 Å². The van der Waals surface area contributed by atoms with Gasteiger partial charge in [-0.05, 0) is 25.7 Å². The largest absolute Gasteiger partial charge is 0.275 e. The first kappa shape index (κ1) is 21.0. The zero-order valence-corrected chi connectivity index (χ0v) is 15.8. The molecule has 0 aromatic carbocycles. The van der Waals surface area contributed by atoms with Crippen LogP contribution in [0.15, 0.2) is 24.3 Å². The van der Waals surface area contributed by atoms with Crippen LogP contribution in [0.1, 0.15) is 51.4 Å². The number of unbranched alkanes of at least 4 members (excludes halogenated alkanes) is 6. The van der Waals surface area contributed by atoms with E-state index in [1.165, 1.54) is 34.1 Å². The average molecular weight is 374 g/mol. The van der Waals surface area contributed by atoms with Crippen LogP contribution in [0, 0.1) is 0 Å². The summed E-state index contributed by atoms with van der Waals surface area (Å²) in [5, 5.41) is 4.51. The minimum atomic E-state index is -0.203. The van der Waals surface area contributed by atoms with Crippen molar-refractivity contribution in [2.24, 2.45) is 0 Å². The maximum absolute atomic E-state index is 11.4. The van der Waals surface area contributed by atoms with Crippen LogP contribution >= 0.6 is 0 Å². The van der Waals surface area contributed by atoms with Crippen molar-refractivity contribution in [2.75, 3.05) is 26.2 Å². The summed E-state index contributed by atoms with van der Waals surface area (Å²) in [6, 6.07) is 0. The number of imide groups is 2. The van der Waals surface area contributed by atoms with Crippen LogP contribution in [-0.2, 0) is 19.2 Å². The molecule has 1 radical (unpaired) electrons. The number of hydrogen-bond acceptors (Lipinski definition) is 4. The van der Waals surface area contributed by atoms with Crippen LogP contribution in [0.4, 0.5) is 0 Å². The summed E-state index contributed by atoms with van der Waals surface area (Å²) in [6.45, 7) is 2.72. The predicted octanol–water partition coefficient (Wildman–Crippen LogP) is 1.56. The highest BCUT2D eigenvalue weighted by atomic mass is 16.2. The summed E-state index contributed by atoms with van der Waals surface area (Å²) in [5.74, 6) is -0.814. The molecule has 0 N–H and O–H groups in total. The quantitative estimate of drug-likeness (QED) is 0.341. The van der Waals surface area contributed by atoms with E-state index in [-0.39, 0.29) is 23.6 Å². The Morgan fingerprint density at radius 1 is 0.519 bits per heavy atom. The molecule has 0 saturated carbocycles. The Kier molecular flexibility index (Phi) is 8.91. The first-order valence-electron chi connectivity index (χ1n) is 9.80. The van der Waals surface area contributed by atoms with Crippen LogP contribution in [-0.4, -0.2) is 59.6 Å². The zero-order valence-electron chi connectivity index (χ0n) is 15.8. The van der Waals surface area contributed by atoms with Crippen molar-refractivity contribution in [3.63, 3.8) is 0 Å². The number of rotatable bonds is 14. The molecule has 0 aromatic rings. The van der Waals surface area contributed by atoms with Gasteiger partial charge >= 0.3 is 0 Å². The van der Waals surface area contributed by atoms with Gasteiger partial charge in [-0.25, -0.2) is 5.32 Å². The number of carbonyl (C=O) groups is 4. The number of hydrogen-bond donors (Lipinski definition) is 0. The summed E-state index contributed by atoms with van der Waals surface area (Å²) < 4.78 is 0. The second-order valence-corrected chi connectivity index (χ2v) is 6.82. The van der Waals surface area contributed by atoms with Crippen molar-refractivity contribution >= 4 is 23.6 Å². The topological polar surface area (TPSA) is 88.9 Å². The molecule has 2 aliphatic heterocycles. The molecule has 7 nitrogen and oxygen atoms in total. The monoisotopic (exact) mass is 374 g/mol. The lowest BCUT2D eigenvalue weighted by molar-refractivity contribution is -0.138. The predicted molar refractivity (Wildman–Crippen MR) is 101 cm³/mol. The van der Waals surface area contributed by atoms with Gasteiger partial charge in [-0.15, -0.1) is 0 Å². The lowest BCUT2D eigenvalue weighted by atomic mass is 10.1. The minimum Gasteiger partial charge on any atom is -0.275 e. The van der Waals surface area contributed by atoms with Crippen molar-refractivity contribution in [2.45, 2.75) is 51.4 Å². The first-order valence-corrected chi connectivity index (χ1v) is 9.80. The Labute approximate surface area is 160 Å². The van der Waals surface area contributed by atoms with E-state index < -0.39 is 0 Å². The molecule has 0 aromatic heterocycles. The fourth-order valence-corrected chi connectivity index (χ4v) is 3.11. The fourth-order valence-electron chi connectivity index (χ4n) is 3.11. The smallest absolute Gasteiger partial charge is 0.253 e. The highest BCUT2D eigenvalue weighted by molar-refractivity contribution is 6.13. The lowest BCUT2D eigenvalue weighted by Crippen LogP contribution is -2.30. The van der Waals surface area contributed by atoms with Crippen molar-refractivity contribution in [3.8, 4) is 0 Å². The molecule has 2 aliphatic rings. The fraction of sp³-hybridized carbons (Fsp3) is 0.600. The Balaban J connectivity index is 1.32. The van der Waals surface area contributed by atoms with Crippen LogP contribution in [0.2, 0.25) is 0 Å². The molecule has 0 fully saturated rings. The molecule has 0 bridgehead atoms. The molecule has 0 atom stereocenters. The lowest BCUT2D eigenvalue weighted by Gasteiger charge is -2.13. The maximum Gasteiger partial charge on any atom is 0.253 e. The Morgan fingerprint density at radius 2 is 0.852 bits per heavy atom. The van der Waals surface area contributed by atoms with Gasteiger partial charge in [-0.1, -0.05) is 25.7 Å². The van der Waals surface area contributed by atoms with Gasteiger partial charge in [-0.2, -0.15) is 0 Å². The number of carbonyl (C=O) groups excluding carboxylic acids is 4. The molecule has 0 spiro atoms. The van der Waals surface area contributed by atoms with Crippen LogP contribution in [0.25, 0.3) is 0 Å². The zero-order chi connectivity index (χ0) is 19.5. The summed E-state index contributed by atoms with van der Waals surface area (Å²) in [5.41, 5.74) is 0. The van der Waals surface area contributed by atoms with Gasteiger partial charge in [-0.3, -0.25) is 29.0 Å². The van der Waals surface area contributed by atoms with E-state index in [4.69, 9.17) is 0 Å². The van der Waals surface area contributed by atoms with Crippen LogP contribution < -0.4 is 5.32 Å². The Morgan fingerprint density at radius 3 is 1.22 bits per heavy atom. The van der Waals surface area contributed by atoms with Gasteiger partial charge in [0.05, 0.1) is 0 Å². The van der Waals surface area contributed by atoms with Gasteiger partial charge in [0.15, 0.2) is 0 Å². The van der Waals surface area contributed by atoms with E-state index in [1.54, 1.807) is 0 Å². The van der Waals surface area contributed by atoms with E-state index >= 15 is 0 Å². The molecule has 147 valence electrons. The Bertz CT molecular complexity index is 524. The van der Waals surface area contributed by atoms with Gasteiger partial charge in [0.2, 0.25) is 0 Å². The third-order valence-electron chi connectivity index (χ3n) is 4.70. The highest BCUT2D eigenvalue weighted by Gasteiger charge is 2.22. The van der Waals surface area contributed by atoms with E-state index in [2.05, 4.69) is 5.32 Å². The van der Waals surface area contributed by atoms with Gasteiger partial charge in [0, 0.05) is 50.5 Å². The van der Waals surface area contributed by atoms with E-state index in [9.17, 15) is 19.2 Å². The second-order valence-electron chi connectivity index (χ2n) is 6.82. The minimum absolute atomic E-state index is 0.203. The molecule has 27 heavy (non-hydrogen) atoms. The molecule has 2 rings (SSSR count). The molecule has 0 saturated heterocycles. The van der Waals surface area contributed by atoms with Crippen LogP contribution in [0.5, 0.6) is 0 Å². The van der Waals surface area contributed by atoms with E-state index in [1.807, 2.05) is 0 Å². The van der Waals surface area contributed by atoms with Crippen molar-refractivity contribution in [1.82, 2.24) is 15.1 Å². The van der Waals surface area contributed by atoms with E-state index in [0.29, 0.717) is 13.1 Å². The van der Waals surface area contributed by atoms with Crippen molar-refractivity contribution in [1.29, 1.82) is 0 Å². The summed E-state index contributed by atoms with van der Waals surface area (Å²) in [4.78, 5) is 48.1. The standard InChI is InChI=1S/C20H28N3O4/c24-17-9-10-18(25)22(17)15-7-3-1-5-13-21-14-6-2-4-8-16-23-19(26)11-12-20(23)27/h9-12H,1-8,13-16H2. The van der Waals surface area contributed by atoms with Crippen LogP contribution in [0.3, 0.4) is 0 Å². The molecular formula is C20H28N3O4. The number of amides is 4. The normalized spacial score (nSPS) is 16.4. The molecule has 7 heteroatoms. The van der Waals surface area contributed by atoms with Gasteiger partial charge in [0.1, 0.15) is 0 Å². The average Bonchev–Trinajstić information content (AvgIpc) is 3.14. The summed E-state index contributed by atoms with van der Waals surface area (Å²) in [7, 11) is 0. The van der Waals surface area contributed by atoms with Gasteiger partial charge in [0.25, 0.3) is 23.6 Å². The summed E-state index contributed by atoms with van der Waals surface area (Å²) >= 11 is 0. The molecule has 4 amide bonds. The second kappa shape index (κ2) is 11.4. The molecule has 0 aliphatic carbocycles. The first-order chi connectivity index (χ1) is 13.1. The SMILES string of the molecule is O=C1C=CC(=O)N1CCCCCC[N]CCCCCCN1C(=O)C=CC1=O. The molecular weight excluding hydrogens is 346 g/mol. The Hall–Kier alpha value is -2.28. The summed E-state index contributed by atoms with van der Waals surface area (Å²) in [6.07, 6.45) is 13.1. The number of nitrogens with zero attached hydrogens (tertiary/aromatic N) is 3. The van der Waals surface area contributed by atoms with Crippen molar-refractivity contribution in [3.05, 3.63) is 24.3 Å². The van der Waals surface area contributed by atoms with Gasteiger partial charge < -0.3 is 0 Å². The molecule has 0 unspecified atom stereocenters. The third kappa shape index (κ3) is 7.09. The maximum atomic E-state index is 11.4. The van der Waals surface area contributed by atoms with E-state index in [0.717, 1.165) is 64.5 Å². The highest BCUT2D eigenvalue weighted by Crippen LogP contribution is 2.09. The molecule has 2 heterocycles. The third-order valence-corrected chi connectivity index (χ3v) is 4.70.